The summed E-state index contributed by atoms with van der Waals surface area (Å²) < 4.78 is -0.115. The molecule has 0 spiro atoms. The van der Waals surface area contributed by atoms with Crippen LogP contribution >= 0.6 is 11.8 Å². The molecule has 0 saturated heterocycles. The maximum atomic E-state index is 10.3. The van der Waals surface area contributed by atoms with Crippen molar-refractivity contribution in [1.29, 1.82) is 0 Å². The maximum absolute atomic E-state index is 10.3. The van der Waals surface area contributed by atoms with Crippen LogP contribution in [0.15, 0.2) is 0 Å². The van der Waals surface area contributed by atoms with Gasteiger partial charge in [-0.1, -0.05) is 6.92 Å². The van der Waals surface area contributed by atoms with E-state index in [-0.39, 0.29) is 10.8 Å². The van der Waals surface area contributed by atoms with E-state index in [4.69, 9.17) is 5.73 Å². The molecule has 0 aliphatic carbocycles. The van der Waals surface area contributed by atoms with Gasteiger partial charge in [-0.2, -0.15) is 11.8 Å². The molecule has 60 valence electrons. The number of carbonyl (C=O) groups is 1. The Kier molecular flexibility index (Phi) is 3.98. The number of nitrogens with two attached hydrogens (primary N) is 1. The first-order valence-corrected chi connectivity index (χ1v) is 4.38. The fourth-order valence-corrected chi connectivity index (χ4v) is 1.62. The van der Waals surface area contributed by atoms with E-state index >= 15 is 0 Å². The number of thioether (sulfide) groups is 1. The molecular formula is C7H15NOS. The highest BCUT2D eigenvalue weighted by molar-refractivity contribution is 8.00. The molecule has 3 heteroatoms. The molecule has 0 unspecified atom stereocenters. The average molecular weight is 161 g/mol. The summed E-state index contributed by atoms with van der Waals surface area (Å²) in [7, 11) is 0. The van der Waals surface area contributed by atoms with Crippen LogP contribution in [0.5, 0.6) is 0 Å². The molecule has 0 aromatic carbocycles. The first-order valence-electron chi connectivity index (χ1n) is 3.39. The van der Waals surface area contributed by atoms with Crippen LogP contribution in [0.1, 0.15) is 20.8 Å². The van der Waals surface area contributed by atoms with Crippen molar-refractivity contribution in [2.75, 3.05) is 5.75 Å². The van der Waals surface area contributed by atoms with E-state index in [1.807, 2.05) is 13.8 Å². The van der Waals surface area contributed by atoms with Gasteiger partial charge in [0.2, 0.25) is 0 Å². The monoisotopic (exact) mass is 161 g/mol. The summed E-state index contributed by atoms with van der Waals surface area (Å²) in [4.78, 5) is 10.3. The maximum Gasteiger partial charge on any atom is 0.138 e. The average Bonchev–Trinajstić information content (AvgIpc) is 1.86. The van der Waals surface area contributed by atoms with Crippen LogP contribution < -0.4 is 5.73 Å². The standard InChI is InChI=1S/C7H15NOS/c1-4-10-7(2,3)6(8)5-9/h5-6H,4,8H2,1-3H3/t6-/m1/s1. The Balaban J connectivity index is 3.94. The molecule has 2 N–H and O–H groups in total. The number of hydrogen-bond donors (Lipinski definition) is 1. The third-order valence-corrected chi connectivity index (χ3v) is 2.77. The highest BCUT2D eigenvalue weighted by atomic mass is 32.2. The normalized spacial score (nSPS) is 14.8. The summed E-state index contributed by atoms with van der Waals surface area (Å²) in [5.41, 5.74) is 5.55. The third kappa shape index (κ3) is 2.71. The molecule has 0 rings (SSSR count). The van der Waals surface area contributed by atoms with Crippen molar-refractivity contribution in [3.8, 4) is 0 Å². The Hall–Kier alpha value is -0.0200. The third-order valence-electron chi connectivity index (χ3n) is 1.47. The molecule has 0 bridgehead atoms. The Morgan fingerprint density at radius 1 is 1.70 bits per heavy atom. The molecule has 10 heavy (non-hydrogen) atoms. The second-order valence-electron chi connectivity index (χ2n) is 2.70. The van der Waals surface area contributed by atoms with Gasteiger partial charge in [0.25, 0.3) is 0 Å². The van der Waals surface area contributed by atoms with E-state index < -0.39 is 0 Å². The highest BCUT2D eigenvalue weighted by Gasteiger charge is 2.25. The van der Waals surface area contributed by atoms with Crippen molar-refractivity contribution in [3.63, 3.8) is 0 Å². The van der Waals surface area contributed by atoms with E-state index in [2.05, 4.69) is 6.92 Å². The van der Waals surface area contributed by atoms with Crippen LogP contribution in [-0.2, 0) is 4.79 Å². The zero-order valence-corrected chi connectivity index (χ0v) is 7.57. The molecule has 0 aromatic heterocycles. The van der Waals surface area contributed by atoms with E-state index in [9.17, 15) is 4.79 Å². The van der Waals surface area contributed by atoms with Crippen molar-refractivity contribution >= 4 is 18.0 Å². The fourth-order valence-electron chi connectivity index (χ4n) is 0.632. The zero-order valence-electron chi connectivity index (χ0n) is 6.76. The number of rotatable bonds is 4. The first-order chi connectivity index (χ1) is 4.54. The van der Waals surface area contributed by atoms with Gasteiger partial charge in [-0.05, 0) is 19.6 Å². The molecule has 0 aliphatic rings. The van der Waals surface area contributed by atoms with Gasteiger partial charge >= 0.3 is 0 Å². The van der Waals surface area contributed by atoms with Gasteiger partial charge in [0.15, 0.2) is 0 Å². The highest BCUT2D eigenvalue weighted by Crippen LogP contribution is 2.25. The fraction of sp³-hybridized carbons (Fsp3) is 0.857. The number of aldehydes is 1. The van der Waals surface area contributed by atoms with Crippen molar-refractivity contribution in [3.05, 3.63) is 0 Å². The summed E-state index contributed by atoms with van der Waals surface area (Å²) >= 11 is 1.71. The molecule has 1 atom stereocenters. The molecular weight excluding hydrogens is 146 g/mol. The molecule has 0 fully saturated rings. The Bertz CT molecular complexity index is 114. The quantitative estimate of drug-likeness (QED) is 0.627. The number of carbonyl (C=O) groups excluding carboxylic acids is 1. The lowest BCUT2D eigenvalue weighted by atomic mass is 10.1. The van der Waals surface area contributed by atoms with Crippen molar-refractivity contribution in [2.24, 2.45) is 5.73 Å². The molecule has 0 amide bonds. The smallest absolute Gasteiger partial charge is 0.138 e. The SMILES string of the molecule is CCSC(C)(C)[C@H](N)C=O. The Labute approximate surface area is 66.6 Å². The predicted octanol–water partition coefficient (Wildman–Crippen LogP) is 1.04. The Morgan fingerprint density at radius 3 is 2.50 bits per heavy atom. The zero-order chi connectivity index (χ0) is 8.20. The van der Waals surface area contributed by atoms with E-state index in [0.29, 0.717) is 0 Å². The summed E-state index contributed by atoms with van der Waals surface area (Å²) in [5.74, 6) is 0.995. The van der Waals surface area contributed by atoms with Crippen LogP contribution in [0, 0.1) is 0 Å². The minimum atomic E-state index is -0.350. The predicted molar refractivity (Wildman–Crippen MR) is 46.3 cm³/mol. The lowest BCUT2D eigenvalue weighted by molar-refractivity contribution is -0.109. The number of hydrogen-bond acceptors (Lipinski definition) is 3. The summed E-state index contributed by atoms with van der Waals surface area (Å²) in [6.07, 6.45) is 0.808. The largest absolute Gasteiger partial charge is 0.321 e. The van der Waals surface area contributed by atoms with Gasteiger partial charge in [0.1, 0.15) is 6.29 Å². The van der Waals surface area contributed by atoms with E-state index in [1.165, 1.54) is 0 Å². The van der Waals surface area contributed by atoms with Gasteiger partial charge in [0, 0.05) is 4.75 Å². The van der Waals surface area contributed by atoms with Crippen LogP contribution in [0.2, 0.25) is 0 Å². The van der Waals surface area contributed by atoms with Crippen LogP contribution in [-0.4, -0.2) is 22.8 Å². The molecule has 0 radical (unpaired) electrons. The van der Waals surface area contributed by atoms with Gasteiger partial charge in [-0.25, -0.2) is 0 Å². The molecule has 0 heterocycles. The minimum Gasteiger partial charge on any atom is -0.321 e. The van der Waals surface area contributed by atoms with Gasteiger partial charge in [-0.15, -0.1) is 0 Å². The summed E-state index contributed by atoms with van der Waals surface area (Å²) in [6, 6.07) is -0.350. The van der Waals surface area contributed by atoms with Crippen LogP contribution in [0.25, 0.3) is 0 Å². The van der Waals surface area contributed by atoms with Gasteiger partial charge < -0.3 is 10.5 Å². The van der Waals surface area contributed by atoms with Crippen LogP contribution in [0.4, 0.5) is 0 Å². The van der Waals surface area contributed by atoms with Crippen molar-refractivity contribution in [2.45, 2.75) is 31.6 Å². The Morgan fingerprint density at radius 2 is 2.20 bits per heavy atom. The van der Waals surface area contributed by atoms with E-state index in [1.54, 1.807) is 11.8 Å². The second-order valence-corrected chi connectivity index (χ2v) is 4.62. The molecule has 2 nitrogen and oxygen atoms in total. The second kappa shape index (κ2) is 3.98. The minimum absolute atomic E-state index is 0.115. The lowest BCUT2D eigenvalue weighted by Gasteiger charge is -2.26. The molecule has 0 saturated carbocycles. The van der Waals surface area contributed by atoms with Gasteiger partial charge in [-0.3, -0.25) is 0 Å². The van der Waals surface area contributed by atoms with E-state index in [0.717, 1.165) is 12.0 Å². The summed E-state index contributed by atoms with van der Waals surface area (Å²) in [5, 5.41) is 0. The first kappa shape index (κ1) is 9.98. The van der Waals surface area contributed by atoms with Gasteiger partial charge in [0.05, 0.1) is 6.04 Å². The lowest BCUT2D eigenvalue weighted by Crippen LogP contribution is -2.41. The topological polar surface area (TPSA) is 43.1 Å². The molecule has 0 aromatic rings. The molecule has 0 aliphatic heterocycles. The van der Waals surface area contributed by atoms with Crippen LogP contribution in [0.3, 0.4) is 0 Å². The summed E-state index contributed by atoms with van der Waals surface area (Å²) in [6.45, 7) is 6.03. The van der Waals surface area contributed by atoms with Crippen molar-refractivity contribution in [1.82, 2.24) is 0 Å². The van der Waals surface area contributed by atoms with Crippen molar-refractivity contribution < 1.29 is 4.79 Å².